The van der Waals surface area contributed by atoms with Crippen LogP contribution < -0.4 is 0 Å². The molecule has 0 fully saturated rings. The van der Waals surface area contributed by atoms with Crippen molar-refractivity contribution in [1.29, 1.82) is 0 Å². The molecule has 0 saturated heterocycles. The van der Waals surface area contributed by atoms with E-state index in [9.17, 15) is 0 Å². The standard InChI is InChI=1S/C10H10O/c11-7-8-4-5-9-2-1-3-10(9)6-8/h1,3-6,11H,2,7H2. The maximum Gasteiger partial charge on any atom is 0.0682 e. The van der Waals surface area contributed by atoms with Gasteiger partial charge in [0.2, 0.25) is 0 Å². The van der Waals surface area contributed by atoms with Gasteiger partial charge in [-0.2, -0.15) is 0 Å². The highest BCUT2D eigenvalue weighted by Gasteiger charge is 2.03. The molecule has 1 aliphatic carbocycles. The molecule has 0 atom stereocenters. The average molecular weight is 146 g/mol. The summed E-state index contributed by atoms with van der Waals surface area (Å²) in [5, 5.41) is 8.84. The largest absolute Gasteiger partial charge is 0.392 e. The van der Waals surface area contributed by atoms with Crippen molar-refractivity contribution in [2.75, 3.05) is 0 Å². The van der Waals surface area contributed by atoms with Crippen LogP contribution in [-0.2, 0) is 13.0 Å². The molecule has 56 valence electrons. The first-order valence-corrected chi connectivity index (χ1v) is 3.79. The molecule has 11 heavy (non-hydrogen) atoms. The summed E-state index contributed by atoms with van der Waals surface area (Å²) in [5.74, 6) is 0. The summed E-state index contributed by atoms with van der Waals surface area (Å²) >= 11 is 0. The molecular weight excluding hydrogens is 136 g/mol. The fourth-order valence-electron chi connectivity index (χ4n) is 1.40. The van der Waals surface area contributed by atoms with E-state index in [1.165, 1.54) is 11.1 Å². The lowest BCUT2D eigenvalue weighted by Crippen LogP contribution is -1.86. The van der Waals surface area contributed by atoms with Crippen molar-refractivity contribution in [1.82, 2.24) is 0 Å². The second kappa shape index (κ2) is 2.51. The van der Waals surface area contributed by atoms with E-state index >= 15 is 0 Å². The molecule has 1 aromatic carbocycles. The Balaban J connectivity index is 2.47. The first-order chi connectivity index (χ1) is 5.40. The highest BCUT2D eigenvalue weighted by molar-refractivity contribution is 5.60. The molecule has 1 aromatic rings. The highest BCUT2D eigenvalue weighted by atomic mass is 16.3. The van der Waals surface area contributed by atoms with Gasteiger partial charge in [-0.1, -0.05) is 24.3 Å². The van der Waals surface area contributed by atoms with Gasteiger partial charge >= 0.3 is 0 Å². The normalized spacial score (nSPS) is 13.5. The van der Waals surface area contributed by atoms with Gasteiger partial charge in [0, 0.05) is 0 Å². The van der Waals surface area contributed by atoms with Gasteiger partial charge in [-0.15, -0.1) is 0 Å². The van der Waals surface area contributed by atoms with E-state index in [0.29, 0.717) is 0 Å². The average Bonchev–Trinajstić information content (AvgIpc) is 2.50. The Labute approximate surface area is 66.0 Å². The number of rotatable bonds is 1. The zero-order valence-corrected chi connectivity index (χ0v) is 6.25. The van der Waals surface area contributed by atoms with Crippen LogP contribution >= 0.6 is 0 Å². The van der Waals surface area contributed by atoms with Crippen molar-refractivity contribution in [2.24, 2.45) is 0 Å². The van der Waals surface area contributed by atoms with Crippen molar-refractivity contribution in [3.63, 3.8) is 0 Å². The van der Waals surface area contributed by atoms with Crippen LogP contribution in [0.15, 0.2) is 24.3 Å². The van der Waals surface area contributed by atoms with E-state index in [4.69, 9.17) is 5.11 Å². The molecule has 1 nitrogen and oxygen atoms in total. The summed E-state index contributed by atoms with van der Waals surface area (Å²) in [6.45, 7) is 0.140. The van der Waals surface area contributed by atoms with Crippen molar-refractivity contribution in [3.05, 3.63) is 41.0 Å². The monoisotopic (exact) mass is 146 g/mol. The van der Waals surface area contributed by atoms with Gasteiger partial charge in [0.05, 0.1) is 6.61 Å². The SMILES string of the molecule is OCc1ccc2c(c1)C=CC2. The van der Waals surface area contributed by atoms with Crippen LogP contribution in [0.2, 0.25) is 0 Å². The molecule has 2 rings (SSSR count). The van der Waals surface area contributed by atoms with E-state index in [1.54, 1.807) is 0 Å². The fourth-order valence-corrected chi connectivity index (χ4v) is 1.40. The molecule has 0 unspecified atom stereocenters. The third-order valence-electron chi connectivity index (χ3n) is 2.03. The predicted molar refractivity (Wildman–Crippen MR) is 45.1 cm³/mol. The lowest BCUT2D eigenvalue weighted by Gasteiger charge is -2.00. The van der Waals surface area contributed by atoms with Crippen LogP contribution in [0, 0.1) is 0 Å². The Hall–Kier alpha value is -1.08. The summed E-state index contributed by atoms with van der Waals surface area (Å²) in [5.41, 5.74) is 3.62. The van der Waals surface area contributed by atoms with E-state index < -0.39 is 0 Å². The minimum absolute atomic E-state index is 0.140. The molecule has 0 heterocycles. The minimum atomic E-state index is 0.140. The molecule has 0 amide bonds. The quantitative estimate of drug-likeness (QED) is 0.640. The Morgan fingerprint density at radius 1 is 1.36 bits per heavy atom. The lowest BCUT2D eigenvalue weighted by molar-refractivity contribution is 0.282. The summed E-state index contributed by atoms with van der Waals surface area (Å²) in [6, 6.07) is 6.10. The Kier molecular flexibility index (Phi) is 1.51. The van der Waals surface area contributed by atoms with Gasteiger partial charge < -0.3 is 5.11 Å². The number of hydrogen-bond acceptors (Lipinski definition) is 1. The van der Waals surface area contributed by atoms with Crippen LogP contribution in [0.4, 0.5) is 0 Å². The highest BCUT2D eigenvalue weighted by Crippen LogP contribution is 2.20. The molecule has 0 aromatic heterocycles. The number of benzene rings is 1. The van der Waals surface area contributed by atoms with Crippen LogP contribution in [0.3, 0.4) is 0 Å². The third-order valence-corrected chi connectivity index (χ3v) is 2.03. The molecule has 0 bridgehead atoms. The van der Waals surface area contributed by atoms with Crippen LogP contribution in [-0.4, -0.2) is 5.11 Å². The van der Waals surface area contributed by atoms with Crippen LogP contribution in [0.1, 0.15) is 16.7 Å². The van der Waals surface area contributed by atoms with E-state index in [2.05, 4.69) is 18.2 Å². The topological polar surface area (TPSA) is 20.2 Å². The van der Waals surface area contributed by atoms with Gasteiger partial charge in [-0.25, -0.2) is 0 Å². The van der Waals surface area contributed by atoms with Gasteiger partial charge in [0.1, 0.15) is 0 Å². The molecule has 1 N–H and O–H groups in total. The Morgan fingerprint density at radius 3 is 3.09 bits per heavy atom. The number of aliphatic hydroxyl groups excluding tert-OH is 1. The summed E-state index contributed by atoms with van der Waals surface area (Å²) in [4.78, 5) is 0. The third kappa shape index (κ3) is 1.08. The van der Waals surface area contributed by atoms with Crippen LogP contribution in [0.25, 0.3) is 6.08 Å². The Bertz CT molecular complexity index is 300. The molecule has 0 saturated carbocycles. The summed E-state index contributed by atoms with van der Waals surface area (Å²) < 4.78 is 0. The minimum Gasteiger partial charge on any atom is -0.392 e. The number of hydrogen-bond donors (Lipinski definition) is 1. The van der Waals surface area contributed by atoms with Gasteiger partial charge in [0.15, 0.2) is 0 Å². The number of aliphatic hydroxyl groups is 1. The fraction of sp³-hybridized carbons (Fsp3) is 0.200. The number of fused-ring (bicyclic) bond motifs is 1. The molecule has 0 aliphatic heterocycles. The second-order valence-electron chi connectivity index (χ2n) is 2.80. The maximum atomic E-state index is 8.84. The Morgan fingerprint density at radius 2 is 2.27 bits per heavy atom. The van der Waals surface area contributed by atoms with Crippen molar-refractivity contribution < 1.29 is 5.11 Å². The molecule has 0 radical (unpaired) electrons. The lowest BCUT2D eigenvalue weighted by atomic mass is 10.1. The molecular formula is C10H10O. The molecule has 1 aliphatic rings. The van der Waals surface area contributed by atoms with Crippen molar-refractivity contribution >= 4 is 6.08 Å². The summed E-state index contributed by atoms with van der Waals surface area (Å²) in [7, 11) is 0. The van der Waals surface area contributed by atoms with Crippen molar-refractivity contribution in [3.8, 4) is 0 Å². The molecule has 1 heteroatoms. The van der Waals surface area contributed by atoms with Crippen molar-refractivity contribution in [2.45, 2.75) is 13.0 Å². The van der Waals surface area contributed by atoms with E-state index in [1.807, 2.05) is 12.1 Å². The van der Waals surface area contributed by atoms with Gasteiger partial charge in [-0.05, 0) is 29.2 Å². The zero-order valence-electron chi connectivity index (χ0n) is 6.25. The van der Waals surface area contributed by atoms with Crippen LogP contribution in [0.5, 0.6) is 0 Å². The predicted octanol–water partition coefficient (Wildman–Crippen LogP) is 1.75. The summed E-state index contributed by atoms with van der Waals surface area (Å²) in [6.07, 6.45) is 5.29. The maximum absolute atomic E-state index is 8.84. The zero-order chi connectivity index (χ0) is 7.68. The number of allylic oxidation sites excluding steroid dienone is 1. The smallest absolute Gasteiger partial charge is 0.0682 e. The first kappa shape index (κ1) is 6.62. The molecule has 0 spiro atoms. The van der Waals surface area contributed by atoms with E-state index in [0.717, 1.165) is 12.0 Å². The van der Waals surface area contributed by atoms with Gasteiger partial charge in [0.25, 0.3) is 0 Å². The first-order valence-electron chi connectivity index (χ1n) is 3.79. The van der Waals surface area contributed by atoms with Gasteiger partial charge in [-0.3, -0.25) is 0 Å². The van der Waals surface area contributed by atoms with E-state index in [-0.39, 0.29) is 6.61 Å². The second-order valence-corrected chi connectivity index (χ2v) is 2.80.